The van der Waals surface area contributed by atoms with E-state index in [1.165, 1.54) is 0 Å². The van der Waals surface area contributed by atoms with E-state index in [-0.39, 0.29) is 39.8 Å². The molecule has 0 bridgehead atoms. The van der Waals surface area contributed by atoms with E-state index in [4.69, 9.17) is 0 Å². The molecule has 0 radical (unpaired) electrons. The standard InChI is InChI=1S/C4H10O2.BrH.Ni/c1-4(5-2)6-3;;/h4H,1-3H3;1H;. The van der Waals surface area contributed by atoms with Crippen molar-refractivity contribution in [1.29, 1.82) is 0 Å². The molecule has 0 atom stereocenters. The zero-order valence-electron chi connectivity index (χ0n) is 5.12. The topological polar surface area (TPSA) is 18.5 Å². The largest absolute Gasteiger partial charge is 0.356 e. The average molecular weight is 230 g/mol. The molecule has 4 heteroatoms. The first kappa shape index (κ1) is 16.0. The summed E-state index contributed by atoms with van der Waals surface area (Å²) in [6.45, 7) is 1.83. The molecule has 0 heterocycles. The number of ether oxygens (including phenoxy) is 2. The van der Waals surface area contributed by atoms with Crippen LogP contribution in [0.5, 0.6) is 0 Å². The third-order valence-electron chi connectivity index (χ3n) is 0.664. The second kappa shape index (κ2) is 10.8. The number of rotatable bonds is 2. The van der Waals surface area contributed by atoms with Crippen LogP contribution in [-0.4, -0.2) is 20.5 Å². The van der Waals surface area contributed by atoms with Crippen LogP contribution in [0.3, 0.4) is 0 Å². The van der Waals surface area contributed by atoms with Gasteiger partial charge < -0.3 is 9.47 Å². The van der Waals surface area contributed by atoms with E-state index in [9.17, 15) is 0 Å². The molecule has 2 nitrogen and oxygen atoms in total. The Hall–Kier alpha value is 0.894. The first-order valence-corrected chi connectivity index (χ1v) is 1.87. The van der Waals surface area contributed by atoms with Gasteiger partial charge in [0, 0.05) is 30.7 Å². The van der Waals surface area contributed by atoms with Crippen molar-refractivity contribution in [2.45, 2.75) is 13.2 Å². The van der Waals surface area contributed by atoms with Crippen LogP contribution in [0.4, 0.5) is 0 Å². The summed E-state index contributed by atoms with van der Waals surface area (Å²) in [6, 6.07) is 0. The van der Waals surface area contributed by atoms with Crippen molar-refractivity contribution in [2.24, 2.45) is 0 Å². The Labute approximate surface area is 70.6 Å². The molecule has 0 aliphatic heterocycles. The first-order chi connectivity index (χ1) is 2.81. The van der Waals surface area contributed by atoms with Crippen molar-refractivity contribution >= 4 is 17.0 Å². The second-order valence-corrected chi connectivity index (χ2v) is 1.04. The fourth-order valence-electron chi connectivity index (χ4n) is 0.0962. The van der Waals surface area contributed by atoms with E-state index in [0.717, 1.165) is 0 Å². The molecule has 0 amide bonds. The van der Waals surface area contributed by atoms with Gasteiger partial charge in [-0.25, -0.2) is 0 Å². The summed E-state index contributed by atoms with van der Waals surface area (Å²) >= 11 is 0. The van der Waals surface area contributed by atoms with Crippen LogP contribution in [0.2, 0.25) is 0 Å². The molecule has 0 rings (SSSR count). The monoisotopic (exact) mass is 228 g/mol. The molecule has 0 saturated heterocycles. The van der Waals surface area contributed by atoms with Crippen molar-refractivity contribution in [1.82, 2.24) is 0 Å². The maximum atomic E-state index is 4.68. The van der Waals surface area contributed by atoms with Gasteiger partial charge in [-0.15, -0.1) is 17.0 Å². The predicted octanol–water partition coefficient (Wildman–Crippen LogP) is 1.20. The normalized spacial score (nSPS) is 7.50. The number of hydrogen-bond donors (Lipinski definition) is 0. The second-order valence-electron chi connectivity index (χ2n) is 1.04. The van der Waals surface area contributed by atoms with Crippen LogP contribution >= 0.6 is 17.0 Å². The van der Waals surface area contributed by atoms with Gasteiger partial charge in [0.25, 0.3) is 0 Å². The summed E-state index contributed by atoms with van der Waals surface area (Å²) < 4.78 is 9.35. The van der Waals surface area contributed by atoms with Gasteiger partial charge in [-0.1, -0.05) is 0 Å². The van der Waals surface area contributed by atoms with Gasteiger partial charge >= 0.3 is 0 Å². The van der Waals surface area contributed by atoms with Crippen molar-refractivity contribution in [3.05, 3.63) is 0 Å². The molecular weight excluding hydrogens is 219 g/mol. The van der Waals surface area contributed by atoms with E-state index < -0.39 is 0 Å². The zero-order chi connectivity index (χ0) is 4.99. The van der Waals surface area contributed by atoms with Gasteiger partial charge in [0.1, 0.15) is 0 Å². The average Bonchev–Trinajstić information content (AvgIpc) is 1.65. The minimum Gasteiger partial charge on any atom is -0.356 e. The molecule has 0 aromatic heterocycles. The molecule has 0 aromatic rings. The van der Waals surface area contributed by atoms with Gasteiger partial charge in [0.15, 0.2) is 6.29 Å². The number of methoxy groups -OCH3 is 2. The fourth-order valence-corrected chi connectivity index (χ4v) is 0.0962. The molecule has 0 N–H and O–H groups in total. The quantitative estimate of drug-likeness (QED) is 0.524. The van der Waals surface area contributed by atoms with Crippen molar-refractivity contribution in [2.75, 3.05) is 14.2 Å². The van der Waals surface area contributed by atoms with Gasteiger partial charge in [0.05, 0.1) is 0 Å². The molecule has 56 valence electrons. The third kappa shape index (κ3) is 10.00. The number of halogens is 1. The summed E-state index contributed by atoms with van der Waals surface area (Å²) in [5, 5.41) is 0. The van der Waals surface area contributed by atoms with E-state index in [1.807, 2.05) is 6.92 Å². The minimum atomic E-state index is -0.0648. The van der Waals surface area contributed by atoms with Gasteiger partial charge in [-0.2, -0.15) is 0 Å². The van der Waals surface area contributed by atoms with Crippen LogP contribution in [0.25, 0.3) is 0 Å². The Morgan fingerprint density at radius 1 is 1.12 bits per heavy atom. The summed E-state index contributed by atoms with van der Waals surface area (Å²) in [5.41, 5.74) is 0. The first-order valence-electron chi connectivity index (χ1n) is 1.87. The van der Waals surface area contributed by atoms with Crippen LogP contribution in [0.1, 0.15) is 6.92 Å². The van der Waals surface area contributed by atoms with Crippen LogP contribution in [0.15, 0.2) is 0 Å². The molecule has 8 heavy (non-hydrogen) atoms. The molecule has 0 saturated carbocycles. The van der Waals surface area contributed by atoms with Crippen LogP contribution in [0, 0.1) is 0 Å². The van der Waals surface area contributed by atoms with Gasteiger partial charge in [0.2, 0.25) is 0 Å². The summed E-state index contributed by atoms with van der Waals surface area (Å²) in [4.78, 5) is 0. The number of hydrogen-bond acceptors (Lipinski definition) is 2. The summed E-state index contributed by atoms with van der Waals surface area (Å²) in [7, 11) is 3.21. The molecular formula is C4H11BrNiO2. The Kier molecular flexibility index (Phi) is 21.5. The van der Waals surface area contributed by atoms with E-state index in [1.54, 1.807) is 14.2 Å². The maximum Gasteiger partial charge on any atom is 0.154 e. The minimum absolute atomic E-state index is 0. The zero-order valence-corrected chi connectivity index (χ0v) is 7.82. The van der Waals surface area contributed by atoms with Crippen molar-refractivity contribution in [3.63, 3.8) is 0 Å². The summed E-state index contributed by atoms with van der Waals surface area (Å²) in [6.07, 6.45) is -0.0648. The molecule has 0 aromatic carbocycles. The Balaban J connectivity index is -0.000000125. The fraction of sp³-hybridized carbons (Fsp3) is 1.00. The van der Waals surface area contributed by atoms with Gasteiger partial charge in [-0.05, 0) is 6.92 Å². The third-order valence-corrected chi connectivity index (χ3v) is 0.664. The summed E-state index contributed by atoms with van der Waals surface area (Å²) in [5.74, 6) is 0. The Bertz CT molecular complexity index is 33.2. The van der Waals surface area contributed by atoms with Crippen LogP contribution < -0.4 is 0 Å². The van der Waals surface area contributed by atoms with Gasteiger partial charge in [-0.3, -0.25) is 0 Å². The molecule has 0 spiro atoms. The Morgan fingerprint density at radius 3 is 1.38 bits per heavy atom. The smallest absolute Gasteiger partial charge is 0.154 e. The van der Waals surface area contributed by atoms with Crippen molar-refractivity contribution < 1.29 is 26.0 Å². The Morgan fingerprint density at radius 2 is 1.38 bits per heavy atom. The molecule has 0 aliphatic rings. The van der Waals surface area contributed by atoms with E-state index in [0.29, 0.717) is 0 Å². The molecule has 0 unspecified atom stereocenters. The molecule has 0 fully saturated rings. The predicted molar refractivity (Wildman–Crippen MR) is 33.8 cm³/mol. The molecule has 0 aliphatic carbocycles. The van der Waals surface area contributed by atoms with E-state index >= 15 is 0 Å². The SMILES string of the molecule is Br.COC(C)OC.[Ni]. The van der Waals surface area contributed by atoms with Crippen molar-refractivity contribution in [3.8, 4) is 0 Å². The maximum absolute atomic E-state index is 4.68. The van der Waals surface area contributed by atoms with Crippen LogP contribution in [-0.2, 0) is 26.0 Å². The van der Waals surface area contributed by atoms with E-state index in [2.05, 4.69) is 9.47 Å².